The van der Waals surface area contributed by atoms with Gasteiger partial charge in [0.25, 0.3) is 5.91 Å². The van der Waals surface area contributed by atoms with E-state index in [1.165, 1.54) is 11.3 Å². The highest BCUT2D eigenvalue weighted by molar-refractivity contribution is 7.07. The van der Waals surface area contributed by atoms with Crippen molar-refractivity contribution >= 4 is 33.8 Å². The number of anilines is 1. The normalized spacial score (nSPS) is 15.2. The van der Waals surface area contributed by atoms with Gasteiger partial charge in [-0.05, 0) is 43.5 Å². The van der Waals surface area contributed by atoms with Crippen LogP contribution in [0.2, 0.25) is 0 Å². The van der Waals surface area contributed by atoms with Gasteiger partial charge in [0.2, 0.25) is 0 Å². The van der Waals surface area contributed by atoms with Crippen molar-refractivity contribution in [2.24, 2.45) is 7.05 Å². The second-order valence-electron chi connectivity index (χ2n) is 8.22. The van der Waals surface area contributed by atoms with Crippen LogP contribution in [0.1, 0.15) is 34.9 Å². The number of carbonyl (C=O) groups is 1. The Bertz CT molecular complexity index is 1270. The van der Waals surface area contributed by atoms with Crippen molar-refractivity contribution in [3.63, 3.8) is 0 Å². The van der Waals surface area contributed by atoms with E-state index in [0.29, 0.717) is 18.1 Å². The molecule has 8 nitrogen and oxygen atoms in total. The average molecular weight is 466 g/mol. The van der Waals surface area contributed by atoms with Gasteiger partial charge in [-0.15, -0.1) is 11.3 Å². The number of pyridine rings is 2. The molecule has 1 aliphatic heterocycles. The van der Waals surface area contributed by atoms with Gasteiger partial charge in [-0.25, -0.2) is 14.4 Å². The van der Waals surface area contributed by atoms with E-state index in [4.69, 9.17) is 4.98 Å². The van der Waals surface area contributed by atoms with E-state index < -0.39 is 0 Å². The van der Waals surface area contributed by atoms with Gasteiger partial charge in [-0.3, -0.25) is 14.5 Å². The van der Waals surface area contributed by atoms with E-state index in [1.807, 2.05) is 31.6 Å². The van der Waals surface area contributed by atoms with Crippen molar-refractivity contribution < 1.29 is 9.18 Å². The van der Waals surface area contributed by atoms with Crippen LogP contribution in [0.4, 0.5) is 10.2 Å². The van der Waals surface area contributed by atoms with Gasteiger partial charge in [0, 0.05) is 48.2 Å². The molecule has 33 heavy (non-hydrogen) atoms. The third kappa shape index (κ3) is 4.62. The van der Waals surface area contributed by atoms with Gasteiger partial charge in [-0.2, -0.15) is 5.10 Å². The lowest BCUT2D eigenvalue weighted by Gasteiger charge is -2.31. The van der Waals surface area contributed by atoms with E-state index in [-0.39, 0.29) is 18.5 Å². The van der Waals surface area contributed by atoms with Gasteiger partial charge in [0.15, 0.2) is 0 Å². The van der Waals surface area contributed by atoms with E-state index >= 15 is 0 Å². The molecule has 0 saturated carbocycles. The number of rotatable bonds is 6. The monoisotopic (exact) mass is 465 g/mol. The van der Waals surface area contributed by atoms with Crippen LogP contribution in [0.3, 0.4) is 0 Å². The zero-order chi connectivity index (χ0) is 22.8. The molecule has 5 heterocycles. The van der Waals surface area contributed by atoms with Gasteiger partial charge in [0.1, 0.15) is 18.2 Å². The van der Waals surface area contributed by atoms with Gasteiger partial charge in [0.05, 0.1) is 23.1 Å². The van der Waals surface area contributed by atoms with Crippen LogP contribution in [0.5, 0.6) is 0 Å². The number of nitrogens with one attached hydrogen (secondary N) is 1. The van der Waals surface area contributed by atoms with E-state index in [2.05, 4.69) is 25.3 Å². The molecule has 4 aromatic heterocycles. The SMILES string of the molecule is Cn1cc(-c2cc3cc(NC(=O)c4cscn4)nc(C4CCN(CCF)CC4)c3cn2)cn1. The molecular formula is C23H24FN7OS. The molecule has 0 aliphatic carbocycles. The summed E-state index contributed by atoms with van der Waals surface area (Å²) in [5, 5.41) is 10.8. The first kappa shape index (κ1) is 21.6. The Morgan fingerprint density at radius 1 is 1.24 bits per heavy atom. The third-order valence-electron chi connectivity index (χ3n) is 6.03. The molecule has 4 aromatic rings. The van der Waals surface area contributed by atoms with Crippen molar-refractivity contribution in [1.29, 1.82) is 0 Å². The zero-order valence-electron chi connectivity index (χ0n) is 18.2. The maximum Gasteiger partial charge on any atom is 0.276 e. The van der Waals surface area contributed by atoms with Gasteiger partial charge >= 0.3 is 0 Å². The second-order valence-corrected chi connectivity index (χ2v) is 8.94. The summed E-state index contributed by atoms with van der Waals surface area (Å²) < 4.78 is 14.5. The average Bonchev–Trinajstić information content (AvgIpc) is 3.51. The van der Waals surface area contributed by atoms with Crippen LogP contribution in [0.25, 0.3) is 22.0 Å². The number of aromatic nitrogens is 5. The number of thiazole rings is 1. The maximum absolute atomic E-state index is 12.8. The molecule has 10 heteroatoms. The smallest absolute Gasteiger partial charge is 0.276 e. The minimum absolute atomic E-state index is 0.213. The molecular weight excluding hydrogens is 441 g/mol. The lowest BCUT2D eigenvalue weighted by Crippen LogP contribution is -2.34. The number of carbonyl (C=O) groups excluding carboxylic acids is 1. The zero-order valence-corrected chi connectivity index (χ0v) is 19.1. The highest BCUT2D eigenvalue weighted by Crippen LogP contribution is 2.34. The summed E-state index contributed by atoms with van der Waals surface area (Å²) >= 11 is 1.37. The van der Waals surface area contributed by atoms with Gasteiger partial charge in [-0.1, -0.05) is 0 Å². The molecule has 1 saturated heterocycles. The third-order valence-corrected chi connectivity index (χ3v) is 6.61. The maximum atomic E-state index is 12.8. The second kappa shape index (κ2) is 9.32. The quantitative estimate of drug-likeness (QED) is 0.465. The lowest BCUT2D eigenvalue weighted by molar-refractivity contribution is 0.102. The summed E-state index contributed by atoms with van der Waals surface area (Å²) in [6, 6.07) is 3.89. The van der Waals surface area contributed by atoms with Crippen LogP contribution in [-0.2, 0) is 7.05 Å². The Balaban J connectivity index is 1.52. The molecule has 0 atom stereocenters. The Hall–Kier alpha value is -3.24. The standard InChI is InChI=1S/C23H24FN7OS/c1-30-12-17(10-27-30)19-8-16-9-21(29-23(32)20-13-33-14-26-20)28-22(18(16)11-25-19)15-2-5-31(6-3-15)7-4-24/h8-15H,2-7H2,1H3,(H,28,29,32). The number of aryl methyl sites for hydroxylation is 1. The molecule has 1 N–H and O–H groups in total. The van der Waals surface area contributed by atoms with Crippen molar-refractivity contribution in [2.45, 2.75) is 18.8 Å². The van der Waals surface area contributed by atoms with Crippen LogP contribution in [0.15, 0.2) is 41.6 Å². The molecule has 1 fully saturated rings. The molecule has 1 aliphatic rings. The first-order valence-electron chi connectivity index (χ1n) is 10.9. The van der Waals surface area contributed by atoms with Crippen LogP contribution >= 0.6 is 11.3 Å². The van der Waals surface area contributed by atoms with Crippen molar-refractivity contribution in [3.8, 4) is 11.3 Å². The fourth-order valence-electron chi connectivity index (χ4n) is 4.32. The van der Waals surface area contributed by atoms with Crippen LogP contribution in [0, 0.1) is 0 Å². The molecule has 170 valence electrons. The highest BCUT2D eigenvalue weighted by Gasteiger charge is 2.24. The summed E-state index contributed by atoms with van der Waals surface area (Å²) in [4.78, 5) is 28.4. The topological polar surface area (TPSA) is 88.8 Å². The number of nitrogens with zero attached hydrogens (tertiary/aromatic N) is 6. The lowest BCUT2D eigenvalue weighted by atomic mass is 9.90. The largest absolute Gasteiger partial charge is 0.305 e. The number of halogens is 1. The Morgan fingerprint density at radius 2 is 2.09 bits per heavy atom. The highest BCUT2D eigenvalue weighted by atomic mass is 32.1. The van der Waals surface area contributed by atoms with Crippen LogP contribution in [-0.4, -0.2) is 61.8 Å². The number of hydrogen-bond donors (Lipinski definition) is 1. The predicted molar refractivity (Wildman–Crippen MR) is 126 cm³/mol. The number of piperidine rings is 1. The Morgan fingerprint density at radius 3 is 2.79 bits per heavy atom. The van der Waals surface area contributed by atoms with Gasteiger partial charge < -0.3 is 10.2 Å². The number of hydrogen-bond acceptors (Lipinski definition) is 7. The predicted octanol–water partition coefficient (Wildman–Crippen LogP) is 3.89. The fourth-order valence-corrected chi connectivity index (χ4v) is 4.85. The first-order chi connectivity index (χ1) is 16.1. The number of fused-ring (bicyclic) bond motifs is 1. The Kier molecular flexibility index (Phi) is 6.10. The Labute approximate surface area is 194 Å². The summed E-state index contributed by atoms with van der Waals surface area (Å²) in [5.74, 6) is 0.420. The molecule has 0 unspecified atom stereocenters. The minimum Gasteiger partial charge on any atom is -0.305 e. The number of alkyl halides is 1. The molecule has 0 radical (unpaired) electrons. The summed E-state index contributed by atoms with van der Waals surface area (Å²) in [5.41, 5.74) is 4.65. The summed E-state index contributed by atoms with van der Waals surface area (Å²) in [6.07, 6.45) is 7.33. The van der Waals surface area contributed by atoms with Crippen molar-refractivity contribution in [2.75, 3.05) is 31.6 Å². The first-order valence-corrected chi connectivity index (χ1v) is 11.8. The van der Waals surface area contributed by atoms with Crippen LogP contribution < -0.4 is 5.32 Å². The van der Waals surface area contributed by atoms with E-state index in [0.717, 1.165) is 53.7 Å². The van der Waals surface area contributed by atoms with E-state index in [1.54, 1.807) is 21.8 Å². The molecule has 0 aromatic carbocycles. The number of amides is 1. The van der Waals surface area contributed by atoms with Crippen molar-refractivity contribution in [1.82, 2.24) is 29.6 Å². The molecule has 1 amide bonds. The minimum atomic E-state index is -0.328. The number of likely N-dealkylation sites (tertiary alicyclic amines) is 1. The molecule has 0 bridgehead atoms. The van der Waals surface area contributed by atoms with E-state index in [9.17, 15) is 9.18 Å². The molecule has 5 rings (SSSR count). The fraction of sp³-hybridized carbons (Fsp3) is 0.348. The summed E-state index contributed by atoms with van der Waals surface area (Å²) in [7, 11) is 1.87. The molecule has 0 spiro atoms. The van der Waals surface area contributed by atoms with Crippen molar-refractivity contribution in [3.05, 3.63) is 53.0 Å². The summed E-state index contributed by atoms with van der Waals surface area (Å²) in [6.45, 7) is 1.80.